The molecule has 0 unspecified atom stereocenters. The van der Waals surface area contributed by atoms with Crippen molar-refractivity contribution in [1.29, 1.82) is 0 Å². The smallest absolute Gasteiger partial charge is 0.387 e. The second-order valence-electron chi connectivity index (χ2n) is 5.59. The van der Waals surface area contributed by atoms with Gasteiger partial charge in [0.25, 0.3) is 0 Å². The van der Waals surface area contributed by atoms with Crippen LogP contribution in [0.3, 0.4) is 0 Å². The van der Waals surface area contributed by atoms with Crippen LogP contribution < -0.4 is 10.1 Å². The molecule has 1 aliphatic rings. The monoisotopic (exact) mass is 342 g/mol. The number of nitrogens with zero attached hydrogens (tertiary/aromatic N) is 1. The Labute approximate surface area is 138 Å². The second kappa shape index (κ2) is 8.58. The molecule has 24 heavy (non-hydrogen) atoms. The molecule has 6 nitrogen and oxygen atoms in total. The van der Waals surface area contributed by atoms with Crippen molar-refractivity contribution in [3.8, 4) is 5.75 Å². The topological polar surface area (TPSA) is 78.9 Å². The number of benzene rings is 1. The van der Waals surface area contributed by atoms with Crippen molar-refractivity contribution in [2.75, 3.05) is 19.6 Å². The van der Waals surface area contributed by atoms with E-state index in [4.69, 9.17) is 5.11 Å². The first-order valence-corrected chi connectivity index (χ1v) is 7.73. The number of carboxylic acid groups (broad SMARTS) is 1. The van der Waals surface area contributed by atoms with Gasteiger partial charge in [0.05, 0.1) is 6.54 Å². The van der Waals surface area contributed by atoms with Crippen LogP contribution in [0.4, 0.5) is 8.78 Å². The van der Waals surface area contributed by atoms with E-state index in [9.17, 15) is 18.4 Å². The molecule has 8 heteroatoms. The maximum Gasteiger partial charge on any atom is 0.387 e. The number of hydrogen-bond donors (Lipinski definition) is 2. The first-order chi connectivity index (χ1) is 11.5. The zero-order chi connectivity index (χ0) is 17.5. The van der Waals surface area contributed by atoms with Crippen LogP contribution >= 0.6 is 0 Å². The minimum atomic E-state index is -2.85. The van der Waals surface area contributed by atoms with E-state index < -0.39 is 18.6 Å². The van der Waals surface area contributed by atoms with Gasteiger partial charge in [0.1, 0.15) is 11.8 Å². The second-order valence-corrected chi connectivity index (χ2v) is 5.59. The number of alkyl halides is 2. The van der Waals surface area contributed by atoms with Gasteiger partial charge in [-0.3, -0.25) is 14.5 Å². The molecule has 1 aromatic carbocycles. The number of carboxylic acids is 1. The van der Waals surface area contributed by atoms with Gasteiger partial charge in [0, 0.05) is 6.54 Å². The third kappa shape index (κ3) is 5.45. The van der Waals surface area contributed by atoms with E-state index in [1.165, 1.54) is 12.1 Å². The Kier molecular flexibility index (Phi) is 6.48. The van der Waals surface area contributed by atoms with Crippen LogP contribution in [-0.2, 0) is 16.0 Å². The molecule has 1 aliphatic heterocycles. The maximum absolute atomic E-state index is 12.0. The Hall–Kier alpha value is -2.22. The standard InChI is InChI=1S/C16H20F2N2O4/c17-16(18)24-12-5-3-11(4-6-12)7-8-19-14(21)10-20-9-1-2-13(20)15(22)23/h3-6,13,16H,1-2,7-10H2,(H,19,21)(H,22,23)/t13-/m1/s1. The SMILES string of the molecule is O=C(CN1CCC[C@@H]1C(=O)O)NCCc1ccc(OC(F)F)cc1. The van der Waals surface area contributed by atoms with Gasteiger partial charge in [-0.05, 0) is 43.5 Å². The van der Waals surface area contributed by atoms with Crippen LogP contribution in [0.15, 0.2) is 24.3 Å². The molecule has 0 aliphatic carbocycles. The van der Waals surface area contributed by atoms with Gasteiger partial charge < -0.3 is 15.2 Å². The van der Waals surface area contributed by atoms with Gasteiger partial charge in [-0.2, -0.15) is 8.78 Å². The lowest BCUT2D eigenvalue weighted by Crippen LogP contribution is -2.43. The highest BCUT2D eigenvalue weighted by molar-refractivity contribution is 5.80. The zero-order valence-electron chi connectivity index (χ0n) is 13.1. The van der Waals surface area contributed by atoms with Crippen LogP contribution in [0.2, 0.25) is 0 Å². The molecular weight excluding hydrogens is 322 g/mol. The molecule has 0 aromatic heterocycles. The van der Waals surface area contributed by atoms with Crippen molar-refractivity contribution in [2.24, 2.45) is 0 Å². The molecule has 0 radical (unpaired) electrons. The molecule has 0 spiro atoms. The summed E-state index contributed by atoms with van der Waals surface area (Å²) in [5.74, 6) is -1.03. The molecule has 2 N–H and O–H groups in total. The molecule has 1 aromatic rings. The number of likely N-dealkylation sites (tertiary alicyclic amines) is 1. The summed E-state index contributed by atoms with van der Waals surface area (Å²) in [7, 11) is 0. The molecule has 1 atom stereocenters. The lowest BCUT2D eigenvalue weighted by Gasteiger charge is -2.20. The summed E-state index contributed by atoms with van der Waals surface area (Å²) >= 11 is 0. The molecule has 0 saturated carbocycles. The van der Waals surface area contributed by atoms with Crippen LogP contribution in [0, 0.1) is 0 Å². The summed E-state index contributed by atoms with van der Waals surface area (Å²) in [6.07, 6.45) is 1.88. The van der Waals surface area contributed by atoms with Gasteiger partial charge in [0.15, 0.2) is 0 Å². The van der Waals surface area contributed by atoms with E-state index in [1.807, 2.05) is 0 Å². The van der Waals surface area contributed by atoms with E-state index >= 15 is 0 Å². The number of aliphatic carboxylic acids is 1. The Bertz CT molecular complexity index is 566. The van der Waals surface area contributed by atoms with E-state index in [0.29, 0.717) is 25.9 Å². The zero-order valence-corrected chi connectivity index (χ0v) is 13.1. The highest BCUT2D eigenvalue weighted by Gasteiger charge is 2.31. The summed E-state index contributed by atoms with van der Waals surface area (Å²) in [5.41, 5.74) is 0.876. The van der Waals surface area contributed by atoms with Crippen LogP contribution in [0.5, 0.6) is 5.75 Å². The Morgan fingerprint density at radius 1 is 1.33 bits per heavy atom. The molecular formula is C16H20F2N2O4. The first-order valence-electron chi connectivity index (χ1n) is 7.73. The highest BCUT2D eigenvalue weighted by atomic mass is 19.3. The van der Waals surface area contributed by atoms with Crippen molar-refractivity contribution >= 4 is 11.9 Å². The molecule has 0 bridgehead atoms. The van der Waals surface area contributed by atoms with E-state index in [2.05, 4.69) is 10.1 Å². The first kappa shape index (κ1) is 18.1. The Balaban J connectivity index is 1.71. The highest BCUT2D eigenvalue weighted by Crippen LogP contribution is 2.17. The number of halogens is 2. The number of hydrogen-bond acceptors (Lipinski definition) is 4. The molecule has 1 fully saturated rings. The third-order valence-electron chi connectivity index (χ3n) is 3.88. The van der Waals surface area contributed by atoms with Crippen LogP contribution in [-0.4, -0.2) is 54.2 Å². The predicted molar refractivity (Wildman–Crippen MR) is 82.0 cm³/mol. The number of carbonyl (C=O) groups excluding carboxylic acids is 1. The van der Waals surface area contributed by atoms with E-state index in [0.717, 1.165) is 12.0 Å². The predicted octanol–water partition coefficient (Wildman–Crippen LogP) is 1.50. The van der Waals surface area contributed by atoms with Crippen molar-refractivity contribution in [3.63, 3.8) is 0 Å². The molecule has 2 rings (SSSR count). The number of ether oxygens (including phenoxy) is 1. The Morgan fingerprint density at radius 2 is 2.04 bits per heavy atom. The molecule has 1 heterocycles. The average molecular weight is 342 g/mol. The largest absolute Gasteiger partial charge is 0.480 e. The van der Waals surface area contributed by atoms with Gasteiger partial charge in [-0.1, -0.05) is 12.1 Å². The lowest BCUT2D eigenvalue weighted by atomic mass is 10.1. The van der Waals surface area contributed by atoms with Gasteiger partial charge in [-0.15, -0.1) is 0 Å². The maximum atomic E-state index is 12.0. The van der Waals surface area contributed by atoms with E-state index in [-0.39, 0.29) is 18.2 Å². The molecule has 1 saturated heterocycles. The minimum Gasteiger partial charge on any atom is -0.480 e. The lowest BCUT2D eigenvalue weighted by molar-refractivity contribution is -0.142. The summed E-state index contributed by atoms with van der Waals surface area (Å²) in [5, 5.41) is 11.8. The van der Waals surface area contributed by atoms with Gasteiger partial charge in [0.2, 0.25) is 5.91 Å². The van der Waals surface area contributed by atoms with Gasteiger partial charge >= 0.3 is 12.6 Å². The summed E-state index contributed by atoms with van der Waals surface area (Å²) in [6, 6.07) is 5.63. The quantitative estimate of drug-likeness (QED) is 0.748. The fourth-order valence-corrected chi connectivity index (χ4v) is 2.72. The minimum absolute atomic E-state index is 0.0676. The summed E-state index contributed by atoms with van der Waals surface area (Å²) in [6.45, 7) is -1.79. The van der Waals surface area contributed by atoms with Crippen molar-refractivity contribution < 1.29 is 28.2 Å². The van der Waals surface area contributed by atoms with Crippen LogP contribution in [0.25, 0.3) is 0 Å². The number of nitrogens with one attached hydrogen (secondary N) is 1. The fraction of sp³-hybridized carbons (Fsp3) is 0.500. The Morgan fingerprint density at radius 3 is 2.67 bits per heavy atom. The molecule has 132 valence electrons. The summed E-state index contributed by atoms with van der Waals surface area (Å²) < 4.78 is 28.4. The normalized spacial score (nSPS) is 17.9. The number of rotatable bonds is 8. The van der Waals surface area contributed by atoms with Crippen molar-refractivity contribution in [3.05, 3.63) is 29.8 Å². The van der Waals surface area contributed by atoms with E-state index in [1.54, 1.807) is 17.0 Å². The fourth-order valence-electron chi connectivity index (χ4n) is 2.72. The molecule has 1 amide bonds. The number of amides is 1. The van der Waals surface area contributed by atoms with Crippen molar-refractivity contribution in [1.82, 2.24) is 10.2 Å². The van der Waals surface area contributed by atoms with Gasteiger partial charge in [-0.25, -0.2) is 0 Å². The number of carbonyl (C=O) groups is 2. The third-order valence-corrected chi connectivity index (χ3v) is 3.88. The average Bonchev–Trinajstić information content (AvgIpc) is 2.97. The van der Waals surface area contributed by atoms with Crippen LogP contribution in [0.1, 0.15) is 18.4 Å². The summed E-state index contributed by atoms with van der Waals surface area (Å²) in [4.78, 5) is 24.6. The van der Waals surface area contributed by atoms with Crippen molar-refractivity contribution in [2.45, 2.75) is 31.9 Å².